The minimum Gasteiger partial charge on any atom is -0.266 e. The Labute approximate surface area is 127 Å². The number of sulfonamides is 1. The van der Waals surface area contributed by atoms with Crippen LogP contribution in [0.15, 0.2) is 42.5 Å². The van der Waals surface area contributed by atoms with E-state index >= 15 is 0 Å². The summed E-state index contributed by atoms with van der Waals surface area (Å²) in [5, 5.41) is 0. The Hall–Kier alpha value is -1.81. The summed E-state index contributed by atoms with van der Waals surface area (Å²) < 4.78 is 25.9. The van der Waals surface area contributed by atoms with Crippen LogP contribution >= 0.6 is 0 Å². The van der Waals surface area contributed by atoms with Gasteiger partial charge in [0.25, 0.3) is 0 Å². The SMILES string of the molecule is Cc1cc(C)cc(N(Cc2ccccc2C)S(C)(=O)=O)c1. The van der Waals surface area contributed by atoms with E-state index in [9.17, 15) is 8.42 Å². The fourth-order valence-electron chi connectivity index (χ4n) is 2.44. The largest absolute Gasteiger partial charge is 0.266 e. The van der Waals surface area contributed by atoms with Crippen molar-refractivity contribution in [3.8, 4) is 0 Å². The standard InChI is InChI=1S/C17H21NO2S/c1-13-9-14(2)11-17(10-13)18(21(4,19)20)12-16-8-6-5-7-15(16)3/h5-11H,12H2,1-4H3. The molecule has 0 saturated carbocycles. The zero-order valence-electron chi connectivity index (χ0n) is 12.9. The fraction of sp³-hybridized carbons (Fsp3) is 0.294. The average molecular weight is 303 g/mol. The number of hydrogen-bond donors (Lipinski definition) is 0. The highest BCUT2D eigenvalue weighted by molar-refractivity contribution is 7.92. The first-order valence-electron chi connectivity index (χ1n) is 6.88. The molecule has 0 saturated heterocycles. The van der Waals surface area contributed by atoms with Gasteiger partial charge < -0.3 is 0 Å². The van der Waals surface area contributed by atoms with Crippen molar-refractivity contribution in [2.45, 2.75) is 27.3 Å². The predicted octanol–water partition coefficient (Wildman–Crippen LogP) is 3.58. The molecule has 0 radical (unpaired) electrons. The number of anilines is 1. The van der Waals surface area contributed by atoms with E-state index in [1.54, 1.807) is 0 Å². The number of hydrogen-bond acceptors (Lipinski definition) is 2. The highest BCUT2D eigenvalue weighted by atomic mass is 32.2. The van der Waals surface area contributed by atoms with E-state index in [0.717, 1.165) is 27.9 Å². The van der Waals surface area contributed by atoms with Crippen LogP contribution < -0.4 is 4.31 Å². The van der Waals surface area contributed by atoms with Gasteiger partial charge in [-0.2, -0.15) is 0 Å². The summed E-state index contributed by atoms with van der Waals surface area (Å²) in [6, 6.07) is 13.7. The molecule has 2 aromatic carbocycles. The van der Waals surface area contributed by atoms with Gasteiger partial charge in [-0.05, 0) is 55.2 Å². The van der Waals surface area contributed by atoms with Crippen LogP contribution in [-0.4, -0.2) is 14.7 Å². The molecule has 0 unspecified atom stereocenters. The van der Waals surface area contributed by atoms with E-state index in [0.29, 0.717) is 6.54 Å². The molecule has 0 aromatic heterocycles. The Morgan fingerprint density at radius 1 is 0.952 bits per heavy atom. The van der Waals surface area contributed by atoms with E-state index in [4.69, 9.17) is 0 Å². The van der Waals surface area contributed by atoms with Crippen molar-refractivity contribution >= 4 is 15.7 Å². The summed E-state index contributed by atoms with van der Waals surface area (Å²) in [4.78, 5) is 0. The third-order valence-electron chi connectivity index (χ3n) is 3.47. The molecule has 0 spiro atoms. The predicted molar refractivity (Wildman–Crippen MR) is 88.1 cm³/mol. The van der Waals surface area contributed by atoms with Gasteiger partial charge in [0.15, 0.2) is 0 Å². The summed E-state index contributed by atoms with van der Waals surface area (Å²) in [5.74, 6) is 0. The van der Waals surface area contributed by atoms with Gasteiger partial charge in [-0.15, -0.1) is 0 Å². The second-order valence-corrected chi connectivity index (χ2v) is 7.45. The molecule has 112 valence electrons. The molecule has 21 heavy (non-hydrogen) atoms. The summed E-state index contributed by atoms with van der Waals surface area (Å²) in [6.07, 6.45) is 1.25. The highest BCUT2D eigenvalue weighted by Crippen LogP contribution is 2.24. The monoisotopic (exact) mass is 303 g/mol. The molecule has 3 nitrogen and oxygen atoms in total. The van der Waals surface area contributed by atoms with E-state index in [-0.39, 0.29) is 0 Å². The molecular weight excluding hydrogens is 282 g/mol. The normalized spacial score (nSPS) is 11.4. The van der Waals surface area contributed by atoms with Crippen LogP contribution in [-0.2, 0) is 16.6 Å². The summed E-state index contributed by atoms with van der Waals surface area (Å²) >= 11 is 0. The molecule has 0 aliphatic heterocycles. The minimum absolute atomic E-state index is 0.356. The summed E-state index contributed by atoms with van der Waals surface area (Å²) in [6.45, 7) is 6.31. The van der Waals surface area contributed by atoms with Gasteiger partial charge in [0, 0.05) is 0 Å². The van der Waals surface area contributed by atoms with Crippen molar-refractivity contribution in [3.63, 3.8) is 0 Å². The van der Waals surface area contributed by atoms with E-state index in [1.807, 2.05) is 63.2 Å². The highest BCUT2D eigenvalue weighted by Gasteiger charge is 2.19. The van der Waals surface area contributed by atoms with Crippen molar-refractivity contribution in [3.05, 3.63) is 64.7 Å². The quantitative estimate of drug-likeness (QED) is 0.866. The van der Waals surface area contributed by atoms with Gasteiger partial charge >= 0.3 is 0 Å². The Balaban J connectivity index is 2.48. The molecule has 0 atom stereocenters. The van der Waals surface area contributed by atoms with Crippen LogP contribution in [0.5, 0.6) is 0 Å². The first kappa shape index (κ1) is 15.6. The maximum atomic E-state index is 12.2. The topological polar surface area (TPSA) is 37.4 Å². The van der Waals surface area contributed by atoms with Gasteiger partial charge in [0.2, 0.25) is 10.0 Å². The lowest BCUT2D eigenvalue weighted by Crippen LogP contribution is -2.29. The Kier molecular flexibility index (Phi) is 4.37. The number of benzene rings is 2. The third kappa shape index (κ3) is 3.85. The lowest BCUT2D eigenvalue weighted by molar-refractivity contribution is 0.596. The number of nitrogens with zero attached hydrogens (tertiary/aromatic N) is 1. The maximum absolute atomic E-state index is 12.2. The first-order valence-corrected chi connectivity index (χ1v) is 8.73. The minimum atomic E-state index is -3.33. The van der Waals surface area contributed by atoms with Crippen molar-refractivity contribution in [1.82, 2.24) is 0 Å². The van der Waals surface area contributed by atoms with Crippen molar-refractivity contribution in [2.75, 3.05) is 10.6 Å². The van der Waals surface area contributed by atoms with Crippen LogP contribution in [0.3, 0.4) is 0 Å². The average Bonchev–Trinajstić information content (AvgIpc) is 2.35. The molecule has 4 heteroatoms. The Morgan fingerprint density at radius 2 is 1.52 bits per heavy atom. The molecule has 0 bridgehead atoms. The molecule has 0 aliphatic rings. The summed E-state index contributed by atoms with van der Waals surface area (Å²) in [7, 11) is -3.33. The van der Waals surface area contributed by atoms with Crippen molar-refractivity contribution in [2.24, 2.45) is 0 Å². The van der Waals surface area contributed by atoms with Gasteiger partial charge in [0.05, 0.1) is 18.5 Å². The second kappa shape index (κ2) is 5.90. The molecular formula is C17H21NO2S. The number of rotatable bonds is 4. The second-order valence-electron chi connectivity index (χ2n) is 5.54. The molecule has 0 amide bonds. The maximum Gasteiger partial charge on any atom is 0.232 e. The first-order chi connectivity index (χ1) is 9.77. The molecule has 2 rings (SSSR count). The summed E-state index contributed by atoms with van der Waals surface area (Å²) in [5.41, 5.74) is 4.95. The molecule has 0 heterocycles. The zero-order valence-corrected chi connectivity index (χ0v) is 13.7. The molecule has 0 aliphatic carbocycles. The van der Waals surface area contributed by atoms with Crippen LogP contribution in [0.1, 0.15) is 22.3 Å². The zero-order chi connectivity index (χ0) is 15.6. The third-order valence-corrected chi connectivity index (χ3v) is 4.61. The lowest BCUT2D eigenvalue weighted by atomic mass is 10.1. The van der Waals surface area contributed by atoms with Crippen LogP contribution in [0.25, 0.3) is 0 Å². The fourth-order valence-corrected chi connectivity index (χ4v) is 3.30. The number of aryl methyl sites for hydroxylation is 3. The Bertz CT molecular complexity index is 731. The van der Waals surface area contributed by atoms with Gasteiger partial charge in [0.1, 0.15) is 0 Å². The van der Waals surface area contributed by atoms with Gasteiger partial charge in [-0.3, -0.25) is 4.31 Å². The van der Waals surface area contributed by atoms with Crippen LogP contribution in [0.2, 0.25) is 0 Å². The van der Waals surface area contributed by atoms with Crippen LogP contribution in [0, 0.1) is 20.8 Å². The molecule has 0 N–H and O–H groups in total. The van der Waals surface area contributed by atoms with Gasteiger partial charge in [-0.25, -0.2) is 8.42 Å². The van der Waals surface area contributed by atoms with Gasteiger partial charge in [-0.1, -0.05) is 30.3 Å². The van der Waals surface area contributed by atoms with E-state index in [2.05, 4.69) is 0 Å². The molecule has 2 aromatic rings. The lowest BCUT2D eigenvalue weighted by Gasteiger charge is -2.24. The molecule has 0 fully saturated rings. The van der Waals surface area contributed by atoms with E-state index < -0.39 is 10.0 Å². The smallest absolute Gasteiger partial charge is 0.232 e. The van der Waals surface area contributed by atoms with Crippen molar-refractivity contribution < 1.29 is 8.42 Å². The van der Waals surface area contributed by atoms with Crippen LogP contribution in [0.4, 0.5) is 5.69 Å². The Morgan fingerprint density at radius 3 is 2.05 bits per heavy atom. The van der Waals surface area contributed by atoms with E-state index in [1.165, 1.54) is 10.6 Å². The van der Waals surface area contributed by atoms with Crippen molar-refractivity contribution in [1.29, 1.82) is 0 Å².